The van der Waals surface area contributed by atoms with E-state index in [4.69, 9.17) is 0 Å². The highest BCUT2D eigenvalue weighted by atomic mass is 16.6. The van der Waals surface area contributed by atoms with E-state index < -0.39 is 12.1 Å². The third-order valence-corrected chi connectivity index (χ3v) is 1.18. The van der Waals surface area contributed by atoms with Crippen molar-refractivity contribution in [2.24, 2.45) is 0 Å². The fourth-order valence-electron chi connectivity index (χ4n) is 0.667. The Morgan fingerprint density at radius 3 is 2.90 bits per heavy atom. The molecule has 10 heavy (non-hydrogen) atoms. The van der Waals surface area contributed by atoms with E-state index >= 15 is 0 Å². The minimum Gasteiger partial charge on any atom is -0.463 e. The van der Waals surface area contributed by atoms with Crippen LogP contribution in [0.3, 0.4) is 0 Å². The standard InChI is InChI=1S/C6H8O4/c1-2-9-6(8)4-3-5(7)10-4/h4H,2-3H2,1H3/t4-/m0/s1. The fourth-order valence-corrected chi connectivity index (χ4v) is 0.667. The van der Waals surface area contributed by atoms with E-state index in [0.29, 0.717) is 6.61 Å². The lowest BCUT2D eigenvalue weighted by molar-refractivity contribution is -0.185. The van der Waals surface area contributed by atoms with Gasteiger partial charge < -0.3 is 9.47 Å². The molecule has 0 spiro atoms. The monoisotopic (exact) mass is 144 g/mol. The molecule has 0 aromatic carbocycles. The van der Waals surface area contributed by atoms with Gasteiger partial charge in [-0.15, -0.1) is 0 Å². The molecule has 0 aromatic heterocycles. The third kappa shape index (κ3) is 1.26. The molecule has 1 saturated heterocycles. The van der Waals surface area contributed by atoms with E-state index in [1.54, 1.807) is 6.92 Å². The van der Waals surface area contributed by atoms with Gasteiger partial charge in [0, 0.05) is 0 Å². The molecule has 0 radical (unpaired) electrons. The summed E-state index contributed by atoms with van der Waals surface area (Å²) in [5.41, 5.74) is 0. The van der Waals surface area contributed by atoms with Crippen molar-refractivity contribution in [3.63, 3.8) is 0 Å². The van der Waals surface area contributed by atoms with Gasteiger partial charge in [0.15, 0.2) is 0 Å². The van der Waals surface area contributed by atoms with Crippen LogP contribution < -0.4 is 0 Å². The molecule has 1 aliphatic rings. The zero-order valence-corrected chi connectivity index (χ0v) is 5.62. The average Bonchev–Trinajstić information content (AvgIpc) is 1.82. The van der Waals surface area contributed by atoms with Gasteiger partial charge in [-0.3, -0.25) is 4.79 Å². The topological polar surface area (TPSA) is 52.6 Å². The van der Waals surface area contributed by atoms with E-state index in [1.807, 2.05) is 0 Å². The number of hydrogen-bond acceptors (Lipinski definition) is 4. The molecule has 0 aliphatic carbocycles. The van der Waals surface area contributed by atoms with Crippen LogP contribution in [0.1, 0.15) is 13.3 Å². The van der Waals surface area contributed by atoms with Gasteiger partial charge in [0.2, 0.25) is 6.10 Å². The van der Waals surface area contributed by atoms with E-state index in [1.165, 1.54) is 0 Å². The number of carbonyl (C=O) groups is 2. The molecule has 0 bridgehead atoms. The predicted molar refractivity (Wildman–Crippen MR) is 31.1 cm³/mol. The van der Waals surface area contributed by atoms with E-state index in [9.17, 15) is 9.59 Å². The molecule has 1 heterocycles. The van der Waals surface area contributed by atoms with Crippen molar-refractivity contribution in [3.8, 4) is 0 Å². The highest BCUT2D eigenvalue weighted by molar-refractivity contribution is 5.89. The smallest absolute Gasteiger partial charge is 0.348 e. The molecular formula is C6H8O4. The number of esters is 2. The van der Waals surface area contributed by atoms with Crippen LogP contribution >= 0.6 is 0 Å². The molecule has 56 valence electrons. The Morgan fingerprint density at radius 2 is 2.50 bits per heavy atom. The van der Waals surface area contributed by atoms with Crippen LogP contribution in [-0.2, 0) is 19.1 Å². The molecule has 0 aromatic rings. The van der Waals surface area contributed by atoms with Crippen molar-refractivity contribution in [2.75, 3.05) is 6.61 Å². The highest BCUT2D eigenvalue weighted by Crippen LogP contribution is 2.13. The summed E-state index contributed by atoms with van der Waals surface area (Å²) < 4.78 is 9.02. The normalized spacial score (nSPS) is 22.9. The first-order chi connectivity index (χ1) is 4.74. The fraction of sp³-hybridized carbons (Fsp3) is 0.667. The molecule has 0 amide bonds. The van der Waals surface area contributed by atoms with Crippen LogP contribution in [0.15, 0.2) is 0 Å². The van der Waals surface area contributed by atoms with Gasteiger partial charge in [0.1, 0.15) is 0 Å². The summed E-state index contributed by atoms with van der Waals surface area (Å²) in [4.78, 5) is 20.9. The molecular weight excluding hydrogens is 136 g/mol. The average molecular weight is 144 g/mol. The van der Waals surface area contributed by atoms with Crippen molar-refractivity contribution < 1.29 is 19.1 Å². The van der Waals surface area contributed by atoms with E-state index in [2.05, 4.69) is 9.47 Å². The Bertz CT molecular complexity index is 155. The second kappa shape index (κ2) is 2.68. The maximum Gasteiger partial charge on any atom is 0.348 e. The van der Waals surface area contributed by atoms with Crippen molar-refractivity contribution in [2.45, 2.75) is 19.4 Å². The summed E-state index contributed by atoms with van der Waals surface area (Å²) in [5.74, 6) is -0.778. The largest absolute Gasteiger partial charge is 0.463 e. The zero-order valence-electron chi connectivity index (χ0n) is 5.62. The summed E-state index contributed by atoms with van der Waals surface area (Å²) in [6.45, 7) is 2.03. The summed E-state index contributed by atoms with van der Waals surface area (Å²) in [5, 5.41) is 0. The van der Waals surface area contributed by atoms with Gasteiger partial charge in [0.05, 0.1) is 13.0 Å². The molecule has 4 heteroatoms. The minimum absolute atomic E-state index is 0.166. The van der Waals surface area contributed by atoms with Gasteiger partial charge in [0.25, 0.3) is 0 Å². The van der Waals surface area contributed by atoms with Gasteiger partial charge in [-0.05, 0) is 6.92 Å². The Kier molecular flexibility index (Phi) is 1.89. The molecule has 1 rings (SSSR count). The number of rotatable bonds is 2. The van der Waals surface area contributed by atoms with Gasteiger partial charge in [-0.25, -0.2) is 4.79 Å². The lowest BCUT2D eigenvalue weighted by Gasteiger charge is -2.22. The first-order valence-electron chi connectivity index (χ1n) is 3.10. The van der Waals surface area contributed by atoms with Crippen LogP contribution in [0, 0.1) is 0 Å². The summed E-state index contributed by atoms with van der Waals surface area (Å²) in [6, 6.07) is 0. The quantitative estimate of drug-likeness (QED) is 0.506. The van der Waals surface area contributed by atoms with Gasteiger partial charge in [-0.1, -0.05) is 0 Å². The lowest BCUT2D eigenvalue weighted by Crippen LogP contribution is -2.40. The Labute approximate surface area is 58.1 Å². The number of cyclic esters (lactones) is 1. The maximum absolute atomic E-state index is 10.7. The number of ether oxygens (including phenoxy) is 2. The second-order valence-corrected chi connectivity index (χ2v) is 1.93. The van der Waals surface area contributed by atoms with Gasteiger partial charge >= 0.3 is 11.9 Å². The van der Waals surface area contributed by atoms with Crippen LogP contribution in [0.25, 0.3) is 0 Å². The predicted octanol–water partition coefficient (Wildman–Crippen LogP) is -0.135. The SMILES string of the molecule is CCOC(=O)[C@@H]1CC(=O)O1. The van der Waals surface area contributed by atoms with Crippen molar-refractivity contribution in [1.29, 1.82) is 0 Å². The highest BCUT2D eigenvalue weighted by Gasteiger charge is 2.35. The van der Waals surface area contributed by atoms with E-state index in [-0.39, 0.29) is 12.4 Å². The zero-order chi connectivity index (χ0) is 7.56. The van der Waals surface area contributed by atoms with Crippen molar-refractivity contribution in [3.05, 3.63) is 0 Å². The van der Waals surface area contributed by atoms with E-state index in [0.717, 1.165) is 0 Å². The van der Waals surface area contributed by atoms with Crippen LogP contribution in [0.2, 0.25) is 0 Å². The van der Waals surface area contributed by atoms with Crippen LogP contribution in [0.5, 0.6) is 0 Å². The van der Waals surface area contributed by atoms with Crippen LogP contribution in [0.4, 0.5) is 0 Å². The first kappa shape index (κ1) is 7.05. The Hall–Kier alpha value is -1.06. The summed E-state index contributed by atoms with van der Waals surface area (Å²) in [6.07, 6.45) is -0.466. The maximum atomic E-state index is 10.7. The third-order valence-electron chi connectivity index (χ3n) is 1.18. The van der Waals surface area contributed by atoms with Crippen molar-refractivity contribution in [1.82, 2.24) is 0 Å². The lowest BCUT2D eigenvalue weighted by atomic mass is 10.2. The molecule has 1 fully saturated rings. The summed E-state index contributed by atoms with van der Waals surface area (Å²) in [7, 11) is 0. The first-order valence-corrected chi connectivity index (χ1v) is 3.10. The molecule has 0 saturated carbocycles. The molecule has 0 unspecified atom stereocenters. The number of hydrogen-bond donors (Lipinski definition) is 0. The number of carbonyl (C=O) groups excluding carboxylic acids is 2. The Morgan fingerprint density at radius 1 is 1.90 bits per heavy atom. The summed E-state index contributed by atoms with van der Waals surface area (Å²) >= 11 is 0. The van der Waals surface area contributed by atoms with Crippen LogP contribution in [-0.4, -0.2) is 24.6 Å². The minimum atomic E-state index is -0.632. The molecule has 1 aliphatic heterocycles. The molecule has 1 atom stereocenters. The van der Waals surface area contributed by atoms with Crippen molar-refractivity contribution >= 4 is 11.9 Å². The molecule has 0 N–H and O–H groups in total. The Balaban J connectivity index is 2.24. The second-order valence-electron chi connectivity index (χ2n) is 1.93. The van der Waals surface area contributed by atoms with Gasteiger partial charge in [-0.2, -0.15) is 0 Å². The molecule has 4 nitrogen and oxygen atoms in total.